The Morgan fingerprint density at radius 3 is 2.43 bits per heavy atom. The number of nitrogens with zero attached hydrogens (tertiary/aromatic N) is 2. The van der Waals surface area contributed by atoms with Crippen LogP contribution in [0.2, 0.25) is 0 Å². The van der Waals surface area contributed by atoms with E-state index in [1.807, 2.05) is 0 Å². The third-order valence-corrected chi connectivity index (χ3v) is 2.98. The zero-order valence-electron chi connectivity index (χ0n) is 11.0. The molecule has 21 heavy (non-hydrogen) atoms. The number of carbonyl (C=O) groups is 4. The molecule has 0 radical (unpaired) electrons. The molecule has 3 amide bonds. The van der Waals surface area contributed by atoms with Crippen LogP contribution in [0, 0.1) is 0 Å². The first-order chi connectivity index (χ1) is 9.97. The summed E-state index contributed by atoms with van der Waals surface area (Å²) in [6.45, 7) is 0.0458. The maximum atomic E-state index is 11.7. The molecule has 110 valence electrons. The number of aromatic carboxylic acids is 1. The van der Waals surface area contributed by atoms with Gasteiger partial charge in [0.2, 0.25) is 17.7 Å². The number of imide groups is 1. The van der Waals surface area contributed by atoms with E-state index >= 15 is 0 Å². The number of nitrogens with one attached hydrogen (secondary N) is 1. The van der Waals surface area contributed by atoms with Gasteiger partial charge >= 0.3 is 5.97 Å². The van der Waals surface area contributed by atoms with Crippen LogP contribution in [0.4, 0.5) is 5.69 Å². The molecule has 0 bridgehead atoms. The maximum Gasteiger partial charge on any atom is 0.354 e. The summed E-state index contributed by atoms with van der Waals surface area (Å²) in [5.41, 5.74) is 0.227. The molecule has 1 aromatic heterocycles. The van der Waals surface area contributed by atoms with Gasteiger partial charge in [0.15, 0.2) is 0 Å². The van der Waals surface area contributed by atoms with E-state index in [0.29, 0.717) is 5.69 Å². The largest absolute Gasteiger partial charge is 0.477 e. The highest BCUT2D eigenvalue weighted by Crippen LogP contribution is 2.12. The molecule has 8 heteroatoms. The van der Waals surface area contributed by atoms with Crippen molar-refractivity contribution in [3.63, 3.8) is 0 Å². The van der Waals surface area contributed by atoms with Crippen molar-refractivity contribution in [1.82, 2.24) is 9.88 Å². The number of amides is 3. The summed E-state index contributed by atoms with van der Waals surface area (Å²) in [5.74, 6) is -2.06. The fourth-order valence-corrected chi connectivity index (χ4v) is 1.90. The van der Waals surface area contributed by atoms with Gasteiger partial charge in [0, 0.05) is 25.8 Å². The van der Waals surface area contributed by atoms with Gasteiger partial charge in [-0.1, -0.05) is 0 Å². The topological polar surface area (TPSA) is 117 Å². The summed E-state index contributed by atoms with van der Waals surface area (Å²) >= 11 is 0. The average molecular weight is 291 g/mol. The Balaban J connectivity index is 1.85. The van der Waals surface area contributed by atoms with Crippen molar-refractivity contribution in [2.45, 2.75) is 19.3 Å². The predicted octanol–water partition coefficient (Wildman–Crippen LogP) is 0.257. The van der Waals surface area contributed by atoms with E-state index in [-0.39, 0.29) is 49.2 Å². The summed E-state index contributed by atoms with van der Waals surface area (Å²) in [4.78, 5) is 49.8. The molecule has 0 spiro atoms. The van der Waals surface area contributed by atoms with E-state index in [1.165, 1.54) is 18.3 Å². The molecule has 1 aromatic rings. The second-order valence-electron chi connectivity index (χ2n) is 4.47. The highest BCUT2D eigenvalue weighted by molar-refractivity contribution is 6.02. The number of likely N-dealkylation sites (tertiary alicyclic amines) is 1. The number of rotatable bonds is 5. The molecular weight excluding hydrogens is 278 g/mol. The van der Waals surface area contributed by atoms with Crippen LogP contribution >= 0.6 is 0 Å². The highest BCUT2D eigenvalue weighted by atomic mass is 16.4. The van der Waals surface area contributed by atoms with Crippen LogP contribution in [0.25, 0.3) is 0 Å². The number of hydrogen-bond acceptors (Lipinski definition) is 5. The number of carboxylic acids is 1. The van der Waals surface area contributed by atoms with E-state index in [4.69, 9.17) is 5.11 Å². The monoisotopic (exact) mass is 291 g/mol. The van der Waals surface area contributed by atoms with Crippen LogP contribution in [0.1, 0.15) is 29.8 Å². The van der Waals surface area contributed by atoms with Crippen molar-refractivity contribution in [2.24, 2.45) is 0 Å². The summed E-state index contributed by atoms with van der Waals surface area (Å²) in [6, 6.07) is 2.69. The van der Waals surface area contributed by atoms with Gasteiger partial charge in [0.25, 0.3) is 0 Å². The first-order valence-corrected chi connectivity index (χ1v) is 6.30. The summed E-state index contributed by atoms with van der Waals surface area (Å²) < 4.78 is 0. The molecule has 8 nitrogen and oxygen atoms in total. The molecule has 0 unspecified atom stereocenters. The summed E-state index contributed by atoms with van der Waals surface area (Å²) in [5, 5.41) is 11.2. The molecule has 0 aromatic carbocycles. The van der Waals surface area contributed by atoms with Crippen LogP contribution in [0.3, 0.4) is 0 Å². The lowest BCUT2D eigenvalue weighted by Crippen LogP contribution is -2.32. The first-order valence-electron chi connectivity index (χ1n) is 6.30. The summed E-state index contributed by atoms with van der Waals surface area (Å²) in [7, 11) is 0. The van der Waals surface area contributed by atoms with E-state index < -0.39 is 5.97 Å². The Kier molecular flexibility index (Phi) is 4.27. The SMILES string of the molecule is O=C(CCN1C(=O)CCC1=O)Nc1ccc(C(=O)O)nc1. The van der Waals surface area contributed by atoms with Gasteiger partial charge in [-0.05, 0) is 12.1 Å². The Morgan fingerprint density at radius 2 is 1.90 bits per heavy atom. The Labute approximate surface area is 119 Å². The second kappa shape index (κ2) is 6.12. The Hall–Kier alpha value is -2.77. The minimum Gasteiger partial charge on any atom is -0.477 e. The van der Waals surface area contributed by atoms with Gasteiger partial charge in [0.05, 0.1) is 11.9 Å². The van der Waals surface area contributed by atoms with Gasteiger partial charge < -0.3 is 10.4 Å². The molecule has 1 aliphatic heterocycles. The number of anilines is 1. The lowest BCUT2D eigenvalue weighted by atomic mass is 10.3. The number of carboxylic acid groups (broad SMARTS) is 1. The predicted molar refractivity (Wildman–Crippen MR) is 70.4 cm³/mol. The minimum atomic E-state index is -1.15. The van der Waals surface area contributed by atoms with Crippen LogP contribution in [-0.2, 0) is 14.4 Å². The highest BCUT2D eigenvalue weighted by Gasteiger charge is 2.28. The van der Waals surface area contributed by atoms with Crippen molar-refractivity contribution >= 4 is 29.4 Å². The van der Waals surface area contributed by atoms with Crippen LogP contribution < -0.4 is 5.32 Å². The molecule has 0 atom stereocenters. The van der Waals surface area contributed by atoms with E-state index in [2.05, 4.69) is 10.3 Å². The third kappa shape index (κ3) is 3.62. The van der Waals surface area contributed by atoms with E-state index in [0.717, 1.165) is 4.90 Å². The van der Waals surface area contributed by atoms with Crippen molar-refractivity contribution in [3.05, 3.63) is 24.0 Å². The molecule has 2 heterocycles. The van der Waals surface area contributed by atoms with Gasteiger partial charge in [-0.3, -0.25) is 19.3 Å². The number of hydrogen-bond donors (Lipinski definition) is 2. The normalized spacial score (nSPS) is 14.4. The van der Waals surface area contributed by atoms with E-state index in [9.17, 15) is 19.2 Å². The average Bonchev–Trinajstić information content (AvgIpc) is 2.76. The van der Waals surface area contributed by atoms with E-state index in [1.54, 1.807) is 0 Å². The van der Waals surface area contributed by atoms with Crippen molar-refractivity contribution < 1.29 is 24.3 Å². The molecular formula is C13H13N3O5. The maximum absolute atomic E-state index is 11.7. The Morgan fingerprint density at radius 1 is 1.24 bits per heavy atom. The number of carbonyl (C=O) groups excluding carboxylic acids is 3. The fraction of sp³-hybridized carbons (Fsp3) is 0.308. The zero-order chi connectivity index (χ0) is 15.4. The van der Waals surface area contributed by atoms with Gasteiger partial charge in [0.1, 0.15) is 5.69 Å². The minimum absolute atomic E-state index is 0.0157. The number of pyridine rings is 1. The van der Waals surface area contributed by atoms with Gasteiger partial charge in [-0.25, -0.2) is 9.78 Å². The molecule has 2 rings (SSSR count). The number of aromatic nitrogens is 1. The first kappa shape index (κ1) is 14.6. The standard InChI is InChI=1S/C13H13N3O5/c17-10(5-6-16-11(18)3-4-12(16)19)15-8-1-2-9(13(20)21)14-7-8/h1-2,7H,3-6H2,(H,15,17)(H,20,21). The smallest absolute Gasteiger partial charge is 0.354 e. The molecule has 2 N–H and O–H groups in total. The molecule has 1 saturated heterocycles. The van der Waals surface area contributed by atoms with Gasteiger partial charge in [-0.15, -0.1) is 0 Å². The van der Waals surface area contributed by atoms with Crippen LogP contribution in [0.5, 0.6) is 0 Å². The lowest BCUT2D eigenvalue weighted by Gasteiger charge is -2.13. The summed E-state index contributed by atoms with van der Waals surface area (Å²) in [6.07, 6.45) is 1.60. The fourth-order valence-electron chi connectivity index (χ4n) is 1.90. The molecule has 0 saturated carbocycles. The van der Waals surface area contributed by atoms with Crippen molar-refractivity contribution in [1.29, 1.82) is 0 Å². The molecule has 1 aliphatic rings. The van der Waals surface area contributed by atoms with Crippen LogP contribution in [-0.4, -0.2) is 45.2 Å². The van der Waals surface area contributed by atoms with Crippen molar-refractivity contribution in [3.8, 4) is 0 Å². The third-order valence-electron chi connectivity index (χ3n) is 2.98. The molecule has 0 aliphatic carbocycles. The quantitative estimate of drug-likeness (QED) is 0.751. The van der Waals surface area contributed by atoms with Crippen molar-refractivity contribution in [2.75, 3.05) is 11.9 Å². The second-order valence-corrected chi connectivity index (χ2v) is 4.47. The molecule has 1 fully saturated rings. The van der Waals surface area contributed by atoms with Gasteiger partial charge in [-0.2, -0.15) is 0 Å². The lowest BCUT2D eigenvalue weighted by molar-refractivity contribution is -0.138. The zero-order valence-corrected chi connectivity index (χ0v) is 11.0. The Bertz CT molecular complexity index is 580. The van der Waals surface area contributed by atoms with Crippen LogP contribution in [0.15, 0.2) is 18.3 Å².